The minimum Gasteiger partial charge on any atom is -0.456 e. The summed E-state index contributed by atoms with van der Waals surface area (Å²) < 4.78 is 8.46. The van der Waals surface area contributed by atoms with Crippen molar-refractivity contribution < 1.29 is 4.42 Å². The molecule has 3 aromatic heterocycles. The molecule has 0 radical (unpaired) electrons. The van der Waals surface area contributed by atoms with E-state index < -0.39 is 0 Å². The highest BCUT2D eigenvalue weighted by molar-refractivity contribution is 6.11. The zero-order valence-corrected chi connectivity index (χ0v) is 30.3. The number of hydrogen-bond donors (Lipinski definition) is 0. The summed E-state index contributed by atoms with van der Waals surface area (Å²) in [6.45, 7) is 0. The third-order valence-corrected chi connectivity index (χ3v) is 10.8. The quantitative estimate of drug-likeness (QED) is 0.172. The van der Waals surface area contributed by atoms with Crippen molar-refractivity contribution in [3.05, 3.63) is 200 Å². The Bertz CT molecular complexity index is 3170. The van der Waals surface area contributed by atoms with Gasteiger partial charge in [0.05, 0.1) is 22.4 Å². The van der Waals surface area contributed by atoms with Gasteiger partial charge in [-0.2, -0.15) is 0 Å². The maximum absolute atomic E-state index is 6.10. The van der Waals surface area contributed by atoms with Crippen molar-refractivity contribution in [1.29, 1.82) is 0 Å². The van der Waals surface area contributed by atoms with Gasteiger partial charge in [0, 0.05) is 43.9 Å². The average molecular weight is 716 g/mol. The first kappa shape index (κ1) is 31.9. The minimum absolute atomic E-state index is 0.698. The molecule has 0 atom stereocenters. The van der Waals surface area contributed by atoms with E-state index >= 15 is 0 Å². The van der Waals surface area contributed by atoms with Crippen molar-refractivity contribution in [2.24, 2.45) is 0 Å². The van der Waals surface area contributed by atoms with Crippen LogP contribution in [0.5, 0.6) is 0 Å². The fraction of sp³-hybridized carbons (Fsp3) is 0. The van der Waals surface area contributed by atoms with Crippen LogP contribution in [0.2, 0.25) is 0 Å². The minimum atomic E-state index is 0.698. The lowest BCUT2D eigenvalue weighted by Crippen LogP contribution is -1.97. The summed E-state index contributed by atoms with van der Waals surface area (Å²) in [7, 11) is 0. The van der Waals surface area contributed by atoms with Crippen LogP contribution in [0.4, 0.5) is 0 Å². The van der Waals surface area contributed by atoms with Crippen LogP contribution in [-0.4, -0.2) is 14.5 Å². The van der Waals surface area contributed by atoms with Gasteiger partial charge in [0.1, 0.15) is 11.2 Å². The van der Waals surface area contributed by atoms with Crippen molar-refractivity contribution in [1.82, 2.24) is 14.5 Å². The molecule has 4 nitrogen and oxygen atoms in total. The topological polar surface area (TPSA) is 43.9 Å². The maximum Gasteiger partial charge on any atom is 0.160 e. The third-order valence-electron chi connectivity index (χ3n) is 10.8. The first-order valence-corrected chi connectivity index (χ1v) is 18.9. The van der Waals surface area contributed by atoms with Crippen LogP contribution in [0.25, 0.3) is 106 Å². The predicted octanol–water partition coefficient (Wildman–Crippen LogP) is 13.8. The Balaban J connectivity index is 0.975. The van der Waals surface area contributed by atoms with Gasteiger partial charge in [-0.3, -0.25) is 0 Å². The summed E-state index contributed by atoms with van der Waals surface area (Å²) in [6.07, 6.45) is 0. The first-order valence-electron chi connectivity index (χ1n) is 18.9. The van der Waals surface area contributed by atoms with E-state index in [0.717, 1.165) is 66.7 Å². The molecule has 3 heterocycles. The molecule has 0 N–H and O–H groups in total. The lowest BCUT2D eigenvalue weighted by Gasteiger charge is -2.11. The second-order valence-electron chi connectivity index (χ2n) is 14.2. The van der Waals surface area contributed by atoms with Crippen molar-refractivity contribution in [2.45, 2.75) is 0 Å². The highest BCUT2D eigenvalue weighted by Gasteiger charge is 2.16. The van der Waals surface area contributed by atoms with E-state index in [0.29, 0.717) is 5.82 Å². The molecular weight excluding hydrogens is 683 g/mol. The van der Waals surface area contributed by atoms with E-state index in [-0.39, 0.29) is 0 Å². The summed E-state index contributed by atoms with van der Waals surface area (Å²) in [5.41, 5.74) is 14.8. The molecule has 4 heteroatoms. The van der Waals surface area contributed by atoms with Crippen molar-refractivity contribution in [3.8, 4) is 61.8 Å². The largest absolute Gasteiger partial charge is 0.456 e. The van der Waals surface area contributed by atoms with Gasteiger partial charge in [-0.05, 0) is 95.1 Å². The van der Waals surface area contributed by atoms with Crippen molar-refractivity contribution >= 4 is 43.7 Å². The molecule has 0 aliphatic heterocycles. The van der Waals surface area contributed by atoms with E-state index in [1.165, 1.54) is 33.0 Å². The van der Waals surface area contributed by atoms with Crippen molar-refractivity contribution in [3.63, 3.8) is 0 Å². The Morgan fingerprint density at radius 2 is 0.839 bits per heavy atom. The molecule has 8 aromatic carbocycles. The number of nitrogens with zero attached hydrogens (tertiary/aromatic N) is 3. The molecule has 262 valence electrons. The monoisotopic (exact) mass is 715 g/mol. The van der Waals surface area contributed by atoms with Crippen LogP contribution >= 0.6 is 0 Å². The molecule has 0 bridgehead atoms. The number of fused-ring (bicyclic) bond motifs is 6. The van der Waals surface area contributed by atoms with Crippen LogP contribution in [-0.2, 0) is 0 Å². The second-order valence-corrected chi connectivity index (χ2v) is 14.2. The summed E-state index contributed by atoms with van der Waals surface area (Å²) in [5, 5.41) is 4.70. The Labute approximate surface area is 323 Å². The van der Waals surface area contributed by atoms with Crippen LogP contribution in [0, 0.1) is 0 Å². The van der Waals surface area contributed by atoms with Gasteiger partial charge in [-0.25, -0.2) is 9.97 Å². The Hall–Kier alpha value is -7.56. The number of rotatable bonds is 6. The Morgan fingerprint density at radius 3 is 1.55 bits per heavy atom. The molecule has 0 saturated heterocycles. The molecule has 56 heavy (non-hydrogen) atoms. The lowest BCUT2D eigenvalue weighted by atomic mass is 9.97. The van der Waals surface area contributed by atoms with Crippen LogP contribution in [0.3, 0.4) is 0 Å². The number of furan rings is 1. The fourth-order valence-corrected chi connectivity index (χ4v) is 8.06. The molecule has 0 fully saturated rings. The molecule has 0 aliphatic rings. The number of para-hydroxylation sites is 2. The first-order chi connectivity index (χ1) is 27.7. The van der Waals surface area contributed by atoms with Gasteiger partial charge in [0.2, 0.25) is 0 Å². The molecule has 11 aromatic rings. The third kappa shape index (κ3) is 5.47. The van der Waals surface area contributed by atoms with Gasteiger partial charge >= 0.3 is 0 Å². The van der Waals surface area contributed by atoms with E-state index in [4.69, 9.17) is 14.4 Å². The second kappa shape index (κ2) is 13.1. The van der Waals surface area contributed by atoms with Gasteiger partial charge in [0.25, 0.3) is 0 Å². The molecule has 0 saturated carbocycles. The highest BCUT2D eigenvalue weighted by Crippen LogP contribution is 2.38. The van der Waals surface area contributed by atoms with Gasteiger partial charge in [-0.1, -0.05) is 127 Å². The predicted molar refractivity (Wildman–Crippen MR) is 231 cm³/mol. The van der Waals surface area contributed by atoms with Crippen molar-refractivity contribution in [2.75, 3.05) is 0 Å². The van der Waals surface area contributed by atoms with E-state index in [9.17, 15) is 0 Å². The molecule has 0 amide bonds. The SMILES string of the molecule is c1ccc(-c2cc(-c3ccccc3)nc(-c3ccc(-n4c5ccccc5c5cc(-c6cccc(-c7ccc8oc9ccccc9c8c7)c6)ccc54)cc3)n2)cc1. The van der Waals surface area contributed by atoms with Gasteiger partial charge < -0.3 is 8.98 Å². The van der Waals surface area contributed by atoms with Crippen LogP contribution in [0.15, 0.2) is 205 Å². The highest BCUT2D eigenvalue weighted by atomic mass is 16.3. The average Bonchev–Trinajstić information content (AvgIpc) is 3.82. The summed E-state index contributed by atoms with van der Waals surface area (Å²) in [5.74, 6) is 0.698. The number of hydrogen-bond acceptors (Lipinski definition) is 3. The van der Waals surface area contributed by atoms with Crippen LogP contribution in [0.1, 0.15) is 0 Å². The molecule has 11 rings (SSSR count). The van der Waals surface area contributed by atoms with Gasteiger partial charge in [-0.15, -0.1) is 0 Å². The molecule has 0 aliphatic carbocycles. The standard InChI is InChI=1S/C52H33N3O/c1-3-12-34(13-4-1)46-33-47(35-14-5-2-6-15-35)54-52(53-46)36-22-26-41(27-23-36)55-48-20-9-7-18-42(48)44-31-39(24-28-49(44)55)37-16-11-17-38(30-37)40-25-29-51-45(32-40)43-19-8-10-21-50(43)56-51/h1-33H. The maximum atomic E-state index is 6.10. The smallest absolute Gasteiger partial charge is 0.160 e. The molecular formula is C52H33N3O. The zero-order valence-electron chi connectivity index (χ0n) is 30.3. The fourth-order valence-electron chi connectivity index (χ4n) is 8.06. The zero-order chi connectivity index (χ0) is 37.0. The molecule has 0 spiro atoms. The summed E-state index contributed by atoms with van der Waals surface area (Å²) in [4.78, 5) is 10.1. The number of benzene rings is 8. The Morgan fingerprint density at radius 1 is 0.321 bits per heavy atom. The lowest BCUT2D eigenvalue weighted by molar-refractivity contribution is 0.669. The summed E-state index contributed by atoms with van der Waals surface area (Å²) >= 11 is 0. The normalized spacial score (nSPS) is 11.6. The Kier molecular flexibility index (Phi) is 7.46. The number of aromatic nitrogens is 3. The van der Waals surface area contributed by atoms with Crippen LogP contribution < -0.4 is 0 Å². The summed E-state index contributed by atoms with van der Waals surface area (Å²) in [6, 6.07) is 70.4. The molecule has 0 unspecified atom stereocenters. The van der Waals surface area contributed by atoms with E-state index in [1.54, 1.807) is 0 Å². The van der Waals surface area contributed by atoms with E-state index in [1.807, 2.05) is 48.5 Å². The van der Waals surface area contributed by atoms with Gasteiger partial charge in [0.15, 0.2) is 5.82 Å². The van der Waals surface area contributed by atoms with E-state index in [2.05, 4.69) is 156 Å².